The van der Waals surface area contributed by atoms with Gasteiger partial charge in [-0.1, -0.05) is 11.6 Å². The molecule has 0 atom stereocenters. The standard InChI is InChI=1S/C7H3ClN2O2/c8-6-2-1-5(3-9-6)7(12)10-4-11/h1-3H. The summed E-state index contributed by atoms with van der Waals surface area (Å²) in [7, 11) is 0. The normalized spacial score (nSPS) is 8.75. The number of carbonyl (C=O) groups excluding carboxylic acids is 2. The number of aliphatic imine (C=N–C) groups is 1. The Morgan fingerprint density at radius 2 is 2.33 bits per heavy atom. The summed E-state index contributed by atoms with van der Waals surface area (Å²) in [5.41, 5.74) is 0.211. The molecule has 0 spiro atoms. The maximum atomic E-state index is 10.8. The van der Waals surface area contributed by atoms with Gasteiger partial charge in [0.2, 0.25) is 6.08 Å². The SMILES string of the molecule is O=C=NC(=O)c1ccc(Cl)nc1. The second-order valence-electron chi connectivity index (χ2n) is 1.88. The lowest BCUT2D eigenvalue weighted by Crippen LogP contribution is -1.94. The number of hydrogen-bond acceptors (Lipinski definition) is 3. The number of aromatic nitrogens is 1. The number of nitrogens with zero attached hydrogens (tertiary/aromatic N) is 2. The number of isocyanates is 1. The zero-order valence-corrected chi connectivity index (χ0v) is 6.58. The number of amides is 1. The summed E-state index contributed by atoms with van der Waals surface area (Å²) in [6.45, 7) is 0. The third-order valence-corrected chi connectivity index (χ3v) is 1.35. The first-order valence-electron chi connectivity index (χ1n) is 2.98. The first kappa shape index (κ1) is 8.59. The van der Waals surface area contributed by atoms with E-state index in [-0.39, 0.29) is 10.7 Å². The topological polar surface area (TPSA) is 59.4 Å². The van der Waals surface area contributed by atoms with Crippen LogP contribution in [0.25, 0.3) is 0 Å². The molecule has 0 unspecified atom stereocenters. The predicted molar refractivity (Wildman–Crippen MR) is 41.7 cm³/mol. The molecule has 12 heavy (non-hydrogen) atoms. The van der Waals surface area contributed by atoms with Gasteiger partial charge in [-0.05, 0) is 12.1 Å². The molecule has 0 bridgehead atoms. The number of rotatable bonds is 1. The maximum Gasteiger partial charge on any atom is 0.289 e. The van der Waals surface area contributed by atoms with Crippen molar-refractivity contribution in [1.29, 1.82) is 0 Å². The molecule has 1 aromatic heterocycles. The van der Waals surface area contributed by atoms with Crippen molar-refractivity contribution in [2.75, 3.05) is 0 Å². The fourth-order valence-electron chi connectivity index (χ4n) is 0.608. The highest BCUT2D eigenvalue weighted by molar-refractivity contribution is 6.29. The van der Waals surface area contributed by atoms with Crippen LogP contribution in [0.2, 0.25) is 5.15 Å². The number of pyridine rings is 1. The highest BCUT2D eigenvalue weighted by Crippen LogP contribution is 2.05. The summed E-state index contributed by atoms with van der Waals surface area (Å²) in [5, 5.41) is 0.279. The van der Waals surface area contributed by atoms with E-state index in [0.717, 1.165) is 6.08 Å². The summed E-state index contributed by atoms with van der Waals surface area (Å²) in [6, 6.07) is 2.87. The second kappa shape index (κ2) is 3.76. The van der Waals surface area contributed by atoms with Gasteiger partial charge < -0.3 is 0 Å². The van der Waals surface area contributed by atoms with E-state index in [1.165, 1.54) is 18.3 Å². The van der Waals surface area contributed by atoms with Crippen molar-refractivity contribution in [3.63, 3.8) is 0 Å². The molecule has 1 amide bonds. The summed E-state index contributed by atoms with van der Waals surface area (Å²) in [5.74, 6) is -0.672. The molecule has 1 heterocycles. The van der Waals surface area contributed by atoms with Crippen LogP contribution in [0.5, 0.6) is 0 Å². The van der Waals surface area contributed by atoms with E-state index >= 15 is 0 Å². The van der Waals surface area contributed by atoms with Crippen LogP contribution in [0.1, 0.15) is 10.4 Å². The molecule has 4 nitrogen and oxygen atoms in total. The fraction of sp³-hybridized carbons (Fsp3) is 0. The highest BCUT2D eigenvalue weighted by atomic mass is 35.5. The van der Waals surface area contributed by atoms with Gasteiger partial charge in [0.1, 0.15) is 5.15 Å². The van der Waals surface area contributed by atoms with E-state index in [1.807, 2.05) is 0 Å². The van der Waals surface area contributed by atoms with Crippen molar-refractivity contribution in [3.8, 4) is 0 Å². The molecule has 0 aliphatic rings. The molecule has 5 heteroatoms. The van der Waals surface area contributed by atoms with Gasteiger partial charge in [-0.25, -0.2) is 9.78 Å². The van der Waals surface area contributed by atoms with Crippen LogP contribution >= 0.6 is 11.6 Å². The Morgan fingerprint density at radius 1 is 1.58 bits per heavy atom. The van der Waals surface area contributed by atoms with Gasteiger partial charge in [-0.3, -0.25) is 4.79 Å². The van der Waals surface area contributed by atoms with Crippen LogP contribution in [-0.4, -0.2) is 17.0 Å². The molecular formula is C7H3ClN2O2. The van der Waals surface area contributed by atoms with Gasteiger partial charge in [0.05, 0.1) is 5.56 Å². The van der Waals surface area contributed by atoms with Crippen LogP contribution < -0.4 is 0 Å². The summed E-state index contributed by atoms with van der Waals surface area (Å²) >= 11 is 5.46. The van der Waals surface area contributed by atoms with E-state index in [0.29, 0.717) is 0 Å². The Labute approximate surface area is 72.9 Å². The molecule has 0 aliphatic heterocycles. The molecule has 0 N–H and O–H groups in total. The average molecular weight is 183 g/mol. The maximum absolute atomic E-state index is 10.8. The summed E-state index contributed by atoms with van der Waals surface area (Å²) < 4.78 is 0. The molecule has 0 saturated carbocycles. The van der Waals surface area contributed by atoms with Crippen LogP contribution in [0.15, 0.2) is 23.3 Å². The molecular weight excluding hydrogens is 180 g/mol. The Hall–Kier alpha value is -1.51. The Morgan fingerprint density at radius 3 is 2.83 bits per heavy atom. The Bertz CT molecular complexity index is 341. The van der Waals surface area contributed by atoms with E-state index < -0.39 is 5.91 Å². The van der Waals surface area contributed by atoms with Gasteiger partial charge >= 0.3 is 0 Å². The van der Waals surface area contributed by atoms with E-state index in [1.54, 1.807) is 0 Å². The first-order valence-corrected chi connectivity index (χ1v) is 3.35. The second-order valence-corrected chi connectivity index (χ2v) is 2.27. The third kappa shape index (κ3) is 1.99. The number of hydrogen-bond donors (Lipinski definition) is 0. The molecule has 1 aromatic rings. The molecule has 1 rings (SSSR count). The molecule has 0 aromatic carbocycles. The summed E-state index contributed by atoms with van der Waals surface area (Å²) in [4.78, 5) is 27.1. The zero-order valence-electron chi connectivity index (χ0n) is 5.82. The smallest absolute Gasteiger partial charge is 0.266 e. The largest absolute Gasteiger partial charge is 0.289 e. The van der Waals surface area contributed by atoms with E-state index in [2.05, 4.69) is 9.98 Å². The lowest BCUT2D eigenvalue weighted by atomic mass is 10.3. The first-order chi connectivity index (χ1) is 5.74. The highest BCUT2D eigenvalue weighted by Gasteiger charge is 2.02. The van der Waals surface area contributed by atoms with Gasteiger partial charge in [0.25, 0.3) is 5.91 Å². The van der Waals surface area contributed by atoms with Crippen LogP contribution in [0.4, 0.5) is 0 Å². The lowest BCUT2D eigenvalue weighted by molar-refractivity contribution is 0.100. The predicted octanol–water partition coefficient (Wildman–Crippen LogP) is 1.21. The lowest BCUT2D eigenvalue weighted by Gasteiger charge is -1.91. The minimum atomic E-state index is -0.672. The monoisotopic (exact) mass is 182 g/mol. The average Bonchev–Trinajstić information content (AvgIpc) is 2.06. The minimum absolute atomic E-state index is 0.211. The Kier molecular flexibility index (Phi) is 2.69. The van der Waals surface area contributed by atoms with Gasteiger partial charge in [-0.15, -0.1) is 4.99 Å². The van der Waals surface area contributed by atoms with Gasteiger partial charge in [-0.2, -0.15) is 0 Å². The van der Waals surface area contributed by atoms with E-state index in [4.69, 9.17) is 11.6 Å². The molecule has 0 saturated heterocycles. The van der Waals surface area contributed by atoms with Crippen molar-refractivity contribution in [2.24, 2.45) is 4.99 Å². The number of carbonyl (C=O) groups is 1. The van der Waals surface area contributed by atoms with Crippen molar-refractivity contribution in [2.45, 2.75) is 0 Å². The van der Waals surface area contributed by atoms with Crippen LogP contribution in [-0.2, 0) is 4.79 Å². The van der Waals surface area contributed by atoms with Crippen molar-refractivity contribution in [3.05, 3.63) is 29.0 Å². The molecule has 0 aliphatic carbocycles. The molecule has 60 valence electrons. The van der Waals surface area contributed by atoms with Crippen molar-refractivity contribution in [1.82, 2.24) is 4.98 Å². The Balaban J connectivity index is 2.97. The van der Waals surface area contributed by atoms with Crippen molar-refractivity contribution >= 4 is 23.6 Å². The van der Waals surface area contributed by atoms with Crippen LogP contribution in [0.3, 0.4) is 0 Å². The van der Waals surface area contributed by atoms with Crippen LogP contribution in [0, 0.1) is 0 Å². The van der Waals surface area contributed by atoms with Gasteiger partial charge in [0.15, 0.2) is 0 Å². The minimum Gasteiger partial charge on any atom is -0.266 e. The summed E-state index contributed by atoms with van der Waals surface area (Å²) in [6.07, 6.45) is 2.39. The molecule has 0 radical (unpaired) electrons. The van der Waals surface area contributed by atoms with Crippen molar-refractivity contribution < 1.29 is 9.59 Å². The zero-order chi connectivity index (χ0) is 8.97. The fourth-order valence-corrected chi connectivity index (χ4v) is 0.720. The quantitative estimate of drug-likeness (QED) is 0.373. The number of halogens is 1. The molecule has 0 fully saturated rings. The van der Waals surface area contributed by atoms with E-state index in [9.17, 15) is 9.59 Å². The third-order valence-electron chi connectivity index (χ3n) is 1.12. The van der Waals surface area contributed by atoms with Gasteiger partial charge in [0, 0.05) is 6.20 Å².